The lowest BCUT2D eigenvalue weighted by molar-refractivity contribution is -0.146. The molecule has 1 heterocycles. The molecule has 1 saturated heterocycles. The Labute approximate surface area is 293 Å². The second-order valence-corrected chi connectivity index (χ2v) is 16.4. The van der Waals surface area contributed by atoms with Gasteiger partial charge in [0.05, 0.1) is 29.9 Å². The topological polar surface area (TPSA) is 148 Å². The Hall–Kier alpha value is -1.03. The first-order valence-electron chi connectivity index (χ1n) is 20.3. The molecule has 0 spiro atoms. The van der Waals surface area contributed by atoms with E-state index in [2.05, 4.69) is 43.6 Å². The van der Waals surface area contributed by atoms with Crippen LogP contribution >= 0.6 is 0 Å². The third-order valence-electron chi connectivity index (χ3n) is 12.2. The zero-order valence-electron chi connectivity index (χ0n) is 31.0. The first kappa shape index (κ1) is 41.4. The second kappa shape index (κ2) is 22.0. The number of piperidine rings is 1. The Morgan fingerprint density at radius 1 is 0.958 bits per heavy atom. The second-order valence-electron chi connectivity index (χ2n) is 16.4. The van der Waals surface area contributed by atoms with E-state index in [1.807, 2.05) is 0 Å². The van der Waals surface area contributed by atoms with Gasteiger partial charge in [-0.25, -0.2) is 0 Å². The number of unbranched alkanes of at least 4 members (excludes halogenated alkanes) is 6. The highest BCUT2D eigenvalue weighted by atomic mass is 16.4. The molecule has 1 saturated carbocycles. The third-order valence-corrected chi connectivity index (χ3v) is 12.2. The van der Waals surface area contributed by atoms with E-state index in [-0.39, 0.29) is 18.2 Å². The first-order chi connectivity index (χ1) is 23.0. The average Bonchev–Trinajstić information content (AvgIpc) is 3.36. The van der Waals surface area contributed by atoms with Gasteiger partial charge in [-0.05, 0) is 121 Å². The maximum absolute atomic E-state index is 12.2. The van der Waals surface area contributed by atoms with E-state index in [9.17, 15) is 25.2 Å². The smallest absolute Gasteiger partial charge is 0.309 e. The number of nitrogens with two attached hydrogens (primary N) is 1. The lowest BCUT2D eigenvalue weighted by atomic mass is 9.81. The molecule has 0 aromatic rings. The summed E-state index contributed by atoms with van der Waals surface area (Å²) in [6, 6.07) is 0.452. The van der Waals surface area contributed by atoms with Crippen LogP contribution in [-0.2, 0) is 4.79 Å². The molecule has 2 fully saturated rings. The highest BCUT2D eigenvalue weighted by Crippen LogP contribution is 2.46. The number of aliphatic hydroxyl groups is 3. The number of carboxylic acid groups (broad SMARTS) is 1. The lowest BCUT2D eigenvalue weighted by Crippen LogP contribution is -2.44. The standard InChI is InChI=1S/C40H75N3O5/c1-4-6-9-13-29(3)43-28-34-27-40(48,26-33(34)23-31-20-22-42-38(41)25-31)21-19-36(44)35(39(46)47)16-12-8-11-15-32-18-17-30(24-37(32)45)14-10-7-5-2/h17-18,29-38,42-45,48H,4-16,19-28,41H2,1-3H3,(H,46,47). The van der Waals surface area contributed by atoms with E-state index in [1.54, 1.807) is 0 Å². The van der Waals surface area contributed by atoms with E-state index >= 15 is 0 Å². The summed E-state index contributed by atoms with van der Waals surface area (Å²) in [6.07, 6.45) is 23.2. The van der Waals surface area contributed by atoms with Crippen molar-refractivity contribution in [3.63, 3.8) is 0 Å². The van der Waals surface area contributed by atoms with Gasteiger partial charge in [0, 0.05) is 12.0 Å². The van der Waals surface area contributed by atoms with Crippen LogP contribution in [0.15, 0.2) is 12.2 Å². The SMILES string of the molecule is CCCCCC1C=CC(CCCCCC(C(=O)O)C(O)CCC2(O)CC(CNC(C)CCCCC)C(CC3CCNC(N)C3)C2)C(O)C1. The number of nitrogens with one attached hydrogen (secondary N) is 2. The van der Waals surface area contributed by atoms with Crippen molar-refractivity contribution in [2.45, 2.75) is 186 Å². The van der Waals surface area contributed by atoms with E-state index in [1.165, 1.54) is 44.9 Å². The van der Waals surface area contributed by atoms with Crippen molar-refractivity contribution >= 4 is 5.97 Å². The molecule has 8 N–H and O–H groups in total. The third kappa shape index (κ3) is 14.7. The Bertz CT molecular complexity index is 919. The van der Waals surface area contributed by atoms with E-state index in [0.717, 1.165) is 70.9 Å². The van der Waals surface area contributed by atoms with Gasteiger partial charge in [-0.1, -0.05) is 83.8 Å². The summed E-state index contributed by atoms with van der Waals surface area (Å²) >= 11 is 0. The van der Waals surface area contributed by atoms with Gasteiger partial charge in [0.15, 0.2) is 0 Å². The summed E-state index contributed by atoms with van der Waals surface area (Å²) in [6.45, 7) is 8.56. The molecule has 11 atom stereocenters. The van der Waals surface area contributed by atoms with Gasteiger partial charge in [-0.2, -0.15) is 0 Å². The number of rotatable bonds is 24. The molecule has 48 heavy (non-hydrogen) atoms. The summed E-state index contributed by atoms with van der Waals surface area (Å²) < 4.78 is 0. The van der Waals surface area contributed by atoms with Crippen LogP contribution in [0, 0.1) is 35.5 Å². The normalized spacial score (nSPS) is 32.7. The molecule has 3 aliphatic rings. The maximum atomic E-state index is 12.2. The van der Waals surface area contributed by atoms with Crippen LogP contribution in [0.5, 0.6) is 0 Å². The van der Waals surface area contributed by atoms with Crippen molar-refractivity contribution < 1.29 is 25.2 Å². The molecule has 280 valence electrons. The zero-order valence-corrected chi connectivity index (χ0v) is 31.0. The van der Waals surface area contributed by atoms with Crippen molar-refractivity contribution in [1.29, 1.82) is 0 Å². The highest BCUT2D eigenvalue weighted by molar-refractivity contribution is 5.70. The van der Waals surface area contributed by atoms with Gasteiger partial charge < -0.3 is 36.8 Å². The Morgan fingerprint density at radius 3 is 2.38 bits per heavy atom. The lowest BCUT2D eigenvalue weighted by Gasteiger charge is -2.31. The van der Waals surface area contributed by atoms with Gasteiger partial charge >= 0.3 is 5.97 Å². The molecule has 1 aliphatic heterocycles. The highest BCUT2D eigenvalue weighted by Gasteiger charge is 2.45. The molecular formula is C40H75N3O5. The molecule has 0 amide bonds. The number of hydrogen-bond acceptors (Lipinski definition) is 7. The number of carboxylic acids is 1. The van der Waals surface area contributed by atoms with E-state index in [4.69, 9.17) is 5.73 Å². The maximum Gasteiger partial charge on any atom is 0.309 e. The molecule has 0 bridgehead atoms. The molecule has 0 aromatic carbocycles. The minimum atomic E-state index is -0.962. The first-order valence-corrected chi connectivity index (χ1v) is 20.3. The molecule has 3 rings (SSSR count). The van der Waals surface area contributed by atoms with Gasteiger partial charge in [-0.3, -0.25) is 4.79 Å². The van der Waals surface area contributed by atoms with Crippen molar-refractivity contribution in [3.05, 3.63) is 12.2 Å². The van der Waals surface area contributed by atoms with Crippen molar-refractivity contribution in [2.24, 2.45) is 41.2 Å². The number of aliphatic hydroxyl groups excluding tert-OH is 2. The number of allylic oxidation sites excluding steroid dienone is 1. The zero-order chi connectivity index (χ0) is 34.9. The van der Waals surface area contributed by atoms with Gasteiger partial charge in [-0.15, -0.1) is 0 Å². The molecule has 8 heteroatoms. The summed E-state index contributed by atoms with van der Waals surface area (Å²) in [5, 5.41) is 50.7. The largest absolute Gasteiger partial charge is 0.481 e. The Morgan fingerprint density at radius 2 is 1.67 bits per heavy atom. The molecule has 8 nitrogen and oxygen atoms in total. The van der Waals surface area contributed by atoms with Crippen LogP contribution < -0.4 is 16.4 Å². The van der Waals surface area contributed by atoms with Crippen LogP contribution in [0.25, 0.3) is 0 Å². The van der Waals surface area contributed by atoms with Gasteiger partial charge in [0.25, 0.3) is 0 Å². The summed E-state index contributed by atoms with van der Waals surface area (Å²) in [4.78, 5) is 12.2. The van der Waals surface area contributed by atoms with Crippen molar-refractivity contribution in [1.82, 2.24) is 10.6 Å². The Kier molecular flexibility index (Phi) is 19.0. The molecular weight excluding hydrogens is 602 g/mol. The van der Waals surface area contributed by atoms with E-state index in [0.29, 0.717) is 61.8 Å². The number of aliphatic carboxylic acids is 1. The monoisotopic (exact) mass is 678 g/mol. The van der Waals surface area contributed by atoms with Crippen molar-refractivity contribution in [2.75, 3.05) is 13.1 Å². The predicted molar refractivity (Wildman–Crippen MR) is 196 cm³/mol. The van der Waals surface area contributed by atoms with Crippen LogP contribution in [0.4, 0.5) is 0 Å². The minimum Gasteiger partial charge on any atom is -0.481 e. The summed E-state index contributed by atoms with van der Waals surface area (Å²) in [5.41, 5.74) is 5.36. The summed E-state index contributed by atoms with van der Waals surface area (Å²) in [7, 11) is 0. The quantitative estimate of drug-likeness (QED) is 0.0431. The number of hydrogen-bond donors (Lipinski definition) is 7. The average molecular weight is 678 g/mol. The van der Waals surface area contributed by atoms with Crippen LogP contribution in [0.2, 0.25) is 0 Å². The molecule has 0 radical (unpaired) electrons. The fourth-order valence-corrected chi connectivity index (χ4v) is 9.11. The predicted octanol–water partition coefficient (Wildman–Crippen LogP) is 6.90. The van der Waals surface area contributed by atoms with Crippen LogP contribution in [0.3, 0.4) is 0 Å². The van der Waals surface area contributed by atoms with Gasteiger partial charge in [0.2, 0.25) is 0 Å². The van der Waals surface area contributed by atoms with Crippen LogP contribution in [-0.4, -0.2) is 69.5 Å². The fourth-order valence-electron chi connectivity index (χ4n) is 9.11. The fraction of sp³-hybridized carbons (Fsp3) is 0.925. The van der Waals surface area contributed by atoms with E-state index < -0.39 is 23.6 Å². The van der Waals surface area contributed by atoms with Gasteiger partial charge in [0.1, 0.15) is 0 Å². The summed E-state index contributed by atoms with van der Waals surface area (Å²) in [5.74, 6) is 0.259. The van der Waals surface area contributed by atoms with Crippen LogP contribution in [0.1, 0.15) is 156 Å². The van der Waals surface area contributed by atoms with Crippen molar-refractivity contribution in [3.8, 4) is 0 Å². The Balaban J connectivity index is 1.45. The number of carbonyl (C=O) groups is 1. The minimum absolute atomic E-state index is 0.0471. The molecule has 0 aromatic heterocycles. The molecule has 2 aliphatic carbocycles. The molecule has 11 unspecified atom stereocenters.